The zero-order valence-electron chi connectivity index (χ0n) is 22.3. The molecular weight excluding hydrogens is 528 g/mol. The Kier molecular flexibility index (Phi) is 5.87. The predicted molar refractivity (Wildman–Crippen MR) is 158 cm³/mol. The number of hydrogen-bond acceptors (Lipinski definition) is 7. The largest absolute Gasteiger partial charge is 0.477 e. The number of carboxylic acids is 1. The molecule has 6 rings (SSSR count). The number of fused-ring (bicyclic) bond motifs is 2. The molecule has 1 aromatic carbocycles. The first kappa shape index (κ1) is 25.6. The molecule has 0 atom stereocenters. The Morgan fingerprint density at radius 2 is 1.69 bits per heavy atom. The summed E-state index contributed by atoms with van der Waals surface area (Å²) >= 11 is 2.90. The Labute approximate surface area is 234 Å². The molecule has 0 saturated heterocycles. The molecular formula is C31H28N2O4S2. The van der Waals surface area contributed by atoms with E-state index in [1.54, 1.807) is 12.1 Å². The van der Waals surface area contributed by atoms with Crippen LogP contribution in [-0.4, -0.2) is 24.2 Å². The van der Waals surface area contributed by atoms with Gasteiger partial charge in [0.25, 0.3) is 0 Å². The molecule has 0 fully saturated rings. The number of rotatable bonds is 4. The van der Waals surface area contributed by atoms with Crippen molar-refractivity contribution in [2.24, 2.45) is 0 Å². The van der Waals surface area contributed by atoms with Gasteiger partial charge in [-0.15, -0.1) is 22.7 Å². The summed E-state index contributed by atoms with van der Waals surface area (Å²) in [7, 11) is 0. The lowest BCUT2D eigenvalue weighted by atomic mass is 9.69. The molecule has 5 heterocycles. The van der Waals surface area contributed by atoms with Gasteiger partial charge in [0.1, 0.15) is 17.2 Å². The van der Waals surface area contributed by atoms with E-state index >= 15 is 0 Å². The maximum absolute atomic E-state index is 13.4. The van der Waals surface area contributed by atoms with Gasteiger partial charge in [0.15, 0.2) is 0 Å². The van der Waals surface area contributed by atoms with E-state index in [1.165, 1.54) is 40.0 Å². The van der Waals surface area contributed by atoms with Gasteiger partial charge in [0, 0.05) is 49.2 Å². The van der Waals surface area contributed by atoms with Gasteiger partial charge in [0.2, 0.25) is 0 Å². The molecule has 0 amide bonds. The van der Waals surface area contributed by atoms with Gasteiger partial charge in [0.05, 0.1) is 5.56 Å². The average Bonchev–Trinajstić information content (AvgIpc) is 3.55. The standard InChI is InChI=1S/C31H28N2O4S2/c1-30(2)9-11-33-12-10-31(3,4)25-26(33)21(30)15-17-14-20(29(36)37-27(17)25)22-7-8-24(39-22)23-6-5-19(38-23)13-18(16-32)28(34)35/h5-8,13-15H,9-12H2,1-4H3,(H,34,35)/b18-13-. The molecule has 0 spiro atoms. The summed E-state index contributed by atoms with van der Waals surface area (Å²) in [6.07, 6.45) is 3.48. The first-order chi connectivity index (χ1) is 18.5. The normalized spacial score (nSPS) is 17.6. The monoisotopic (exact) mass is 556 g/mol. The first-order valence-electron chi connectivity index (χ1n) is 12.9. The van der Waals surface area contributed by atoms with Crippen molar-refractivity contribution >= 4 is 51.4 Å². The van der Waals surface area contributed by atoms with E-state index in [4.69, 9.17) is 14.8 Å². The average molecular weight is 557 g/mol. The number of carboxylic acid groups (broad SMARTS) is 1. The maximum atomic E-state index is 13.4. The van der Waals surface area contributed by atoms with Crippen LogP contribution >= 0.6 is 22.7 Å². The Balaban J connectivity index is 1.45. The SMILES string of the molecule is CC1(C)CCN2CCC(C)(C)c3c2c1cc1cc(-c2ccc(-c4ccc(/C=C(/C#N)C(=O)O)s4)s2)c(=O)oc31. The van der Waals surface area contributed by atoms with Gasteiger partial charge < -0.3 is 14.4 Å². The molecule has 0 unspecified atom stereocenters. The van der Waals surface area contributed by atoms with Crippen LogP contribution in [0.25, 0.3) is 37.2 Å². The van der Waals surface area contributed by atoms with Gasteiger partial charge in [-0.2, -0.15) is 5.26 Å². The van der Waals surface area contributed by atoms with Crippen LogP contribution in [0, 0.1) is 11.3 Å². The quantitative estimate of drug-likeness (QED) is 0.160. The van der Waals surface area contributed by atoms with E-state index in [0.717, 1.165) is 51.5 Å². The van der Waals surface area contributed by atoms with Crippen LogP contribution in [0.5, 0.6) is 0 Å². The van der Waals surface area contributed by atoms with Crippen LogP contribution < -0.4 is 10.5 Å². The van der Waals surface area contributed by atoms with Gasteiger partial charge in [-0.1, -0.05) is 27.7 Å². The fraction of sp³-hybridized carbons (Fsp3) is 0.323. The third-order valence-electron chi connectivity index (χ3n) is 8.11. The highest BCUT2D eigenvalue weighted by atomic mass is 32.1. The highest BCUT2D eigenvalue weighted by molar-refractivity contribution is 7.24. The molecule has 39 heavy (non-hydrogen) atoms. The molecule has 0 bridgehead atoms. The minimum absolute atomic E-state index is 0.0337. The summed E-state index contributed by atoms with van der Waals surface area (Å²) in [4.78, 5) is 30.5. The zero-order valence-corrected chi connectivity index (χ0v) is 23.9. The summed E-state index contributed by atoms with van der Waals surface area (Å²) < 4.78 is 6.15. The van der Waals surface area contributed by atoms with Crippen molar-refractivity contribution in [3.8, 4) is 26.3 Å². The summed E-state index contributed by atoms with van der Waals surface area (Å²) in [6.45, 7) is 11.1. The highest BCUT2D eigenvalue weighted by Gasteiger charge is 2.42. The van der Waals surface area contributed by atoms with Crippen LogP contribution in [-0.2, 0) is 15.6 Å². The van der Waals surface area contributed by atoms with E-state index in [9.17, 15) is 9.59 Å². The van der Waals surface area contributed by atoms with Crippen LogP contribution in [0.3, 0.4) is 0 Å². The number of hydrogen-bond donors (Lipinski definition) is 1. The third-order valence-corrected chi connectivity index (χ3v) is 10.5. The molecule has 6 nitrogen and oxygen atoms in total. The minimum Gasteiger partial charge on any atom is -0.477 e. The fourth-order valence-corrected chi connectivity index (χ4v) is 7.84. The topological polar surface area (TPSA) is 94.5 Å². The van der Waals surface area contributed by atoms with E-state index < -0.39 is 5.97 Å². The number of benzene rings is 1. The molecule has 3 aromatic heterocycles. The van der Waals surface area contributed by atoms with Crippen molar-refractivity contribution in [1.29, 1.82) is 5.26 Å². The van der Waals surface area contributed by atoms with Crippen LogP contribution in [0.4, 0.5) is 5.69 Å². The van der Waals surface area contributed by atoms with Gasteiger partial charge in [-0.3, -0.25) is 0 Å². The fourth-order valence-electron chi connectivity index (χ4n) is 5.79. The van der Waals surface area contributed by atoms with Gasteiger partial charge in [-0.25, -0.2) is 9.59 Å². The molecule has 198 valence electrons. The molecule has 2 aliphatic rings. The summed E-state index contributed by atoms with van der Waals surface area (Å²) in [6, 6.07) is 13.5. The van der Waals surface area contributed by atoms with E-state index in [0.29, 0.717) is 16.0 Å². The van der Waals surface area contributed by atoms with Crippen LogP contribution in [0.2, 0.25) is 0 Å². The Morgan fingerprint density at radius 3 is 2.41 bits per heavy atom. The molecule has 4 aromatic rings. The van der Waals surface area contributed by atoms with E-state index in [-0.39, 0.29) is 22.0 Å². The molecule has 0 saturated carbocycles. The number of carbonyl (C=O) groups is 1. The maximum Gasteiger partial charge on any atom is 0.346 e. The second-order valence-corrected chi connectivity index (χ2v) is 13.8. The van der Waals surface area contributed by atoms with Crippen molar-refractivity contribution in [3.63, 3.8) is 0 Å². The lowest BCUT2D eigenvalue weighted by Crippen LogP contribution is -2.44. The van der Waals surface area contributed by atoms with Gasteiger partial charge in [-0.05, 0) is 71.7 Å². The summed E-state index contributed by atoms with van der Waals surface area (Å²) in [5, 5.41) is 19.1. The van der Waals surface area contributed by atoms with Crippen molar-refractivity contribution in [3.05, 3.63) is 68.4 Å². The van der Waals surface area contributed by atoms with Crippen molar-refractivity contribution in [1.82, 2.24) is 0 Å². The molecule has 0 aliphatic carbocycles. The van der Waals surface area contributed by atoms with Crippen molar-refractivity contribution in [2.75, 3.05) is 18.0 Å². The Hall–Kier alpha value is -3.67. The number of nitrogens with zero attached hydrogens (tertiary/aromatic N) is 2. The Morgan fingerprint density at radius 1 is 1.03 bits per heavy atom. The number of thiophene rings is 2. The number of anilines is 1. The lowest BCUT2D eigenvalue weighted by Gasteiger charge is -2.48. The van der Waals surface area contributed by atoms with Crippen LogP contribution in [0.15, 0.2) is 51.2 Å². The molecule has 2 aliphatic heterocycles. The zero-order chi connectivity index (χ0) is 27.7. The minimum atomic E-state index is -1.25. The highest BCUT2D eigenvalue weighted by Crippen LogP contribution is 2.52. The number of aliphatic carboxylic acids is 1. The number of nitriles is 1. The second-order valence-electron chi connectivity index (χ2n) is 11.6. The van der Waals surface area contributed by atoms with Crippen molar-refractivity contribution < 1.29 is 14.3 Å². The van der Waals surface area contributed by atoms with Crippen molar-refractivity contribution in [2.45, 2.75) is 51.4 Å². The molecule has 0 radical (unpaired) electrons. The van der Waals surface area contributed by atoms with Gasteiger partial charge >= 0.3 is 11.6 Å². The van der Waals surface area contributed by atoms with Crippen LogP contribution in [0.1, 0.15) is 56.5 Å². The second kappa shape index (κ2) is 8.94. The Bertz CT molecular complexity index is 1790. The molecule has 8 heteroatoms. The molecule has 1 N–H and O–H groups in total. The third kappa shape index (κ3) is 4.21. The first-order valence-corrected chi connectivity index (χ1v) is 14.6. The summed E-state index contributed by atoms with van der Waals surface area (Å²) in [5.41, 5.74) is 4.27. The van der Waals surface area contributed by atoms with E-state index in [2.05, 4.69) is 38.7 Å². The predicted octanol–water partition coefficient (Wildman–Crippen LogP) is 7.41. The summed E-state index contributed by atoms with van der Waals surface area (Å²) in [5.74, 6) is -1.25. The smallest absolute Gasteiger partial charge is 0.346 e. The lowest BCUT2D eigenvalue weighted by molar-refractivity contribution is -0.132. The van der Waals surface area contributed by atoms with E-state index in [1.807, 2.05) is 24.3 Å².